The van der Waals surface area contributed by atoms with Crippen molar-refractivity contribution in [3.05, 3.63) is 29.8 Å². The fraction of sp³-hybridized carbons (Fsp3) is 0.650. The van der Waals surface area contributed by atoms with Crippen LogP contribution >= 0.6 is 0 Å². The maximum atomic E-state index is 12.9. The number of ether oxygens (including phenoxy) is 2. The number of guanidine groups is 1. The minimum atomic E-state index is -4.19. The van der Waals surface area contributed by atoms with Gasteiger partial charge in [-0.15, -0.1) is 0 Å². The Morgan fingerprint density at radius 2 is 1.79 bits per heavy atom. The number of nitrogens with one attached hydrogen (secondary N) is 1. The van der Waals surface area contributed by atoms with E-state index in [1.807, 2.05) is 36.1 Å². The van der Waals surface area contributed by atoms with Crippen LogP contribution in [0.1, 0.15) is 19.4 Å². The second-order valence-corrected chi connectivity index (χ2v) is 6.90. The Morgan fingerprint density at radius 3 is 2.34 bits per heavy atom. The summed E-state index contributed by atoms with van der Waals surface area (Å²) in [6.45, 7) is 7.16. The summed E-state index contributed by atoms with van der Waals surface area (Å²) in [5.41, 5.74) is 1.03. The van der Waals surface area contributed by atoms with Gasteiger partial charge in [-0.1, -0.05) is 12.1 Å². The lowest BCUT2D eigenvalue weighted by molar-refractivity contribution is -0.181. The molecule has 2 rings (SSSR count). The summed E-state index contributed by atoms with van der Waals surface area (Å²) < 4.78 is 49.3. The third-order valence-electron chi connectivity index (χ3n) is 4.86. The molecule has 1 aromatic carbocycles. The zero-order chi connectivity index (χ0) is 21.3. The highest BCUT2D eigenvalue weighted by Gasteiger charge is 2.41. The van der Waals surface area contributed by atoms with Crippen LogP contribution in [0, 0.1) is 0 Å². The number of piperazine rings is 1. The molecule has 29 heavy (non-hydrogen) atoms. The van der Waals surface area contributed by atoms with E-state index in [1.54, 1.807) is 7.11 Å². The van der Waals surface area contributed by atoms with Gasteiger partial charge in [0.25, 0.3) is 0 Å². The van der Waals surface area contributed by atoms with E-state index in [0.717, 1.165) is 17.3 Å². The van der Waals surface area contributed by atoms with Gasteiger partial charge in [-0.2, -0.15) is 13.2 Å². The number of aliphatic imine (C=N–C) groups is 1. The van der Waals surface area contributed by atoms with Gasteiger partial charge >= 0.3 is 6.18 Å². The van der Waals surface area contributed by atoms with Gasteiger partial charge < -0.3 is 19.7 Å². The van der Waals surface area contributed by atoms with E-state index in [1.165, 1.54) is 11.8 Å². The molecule has 0 saturated carbocycles. The Morgan fingerprint density at radius 1 is 1.14 bits per heavy atom. The third kappa shape index (κ3) is 7.40. The largest absolute Gasteiger partial charge is 0.491 e. The van der Waals surface area contributed by atoms with Crippen LogP contribution < -0.4 is 10.1 Å². The molecule has 1 atom stereocenters. The summed E-state index contributed by atoms with van der Waals surface area (Å²) in [7, 11) is 1.63. The number of nitrogens with zero attached hydrogens (tertiary/aromatic N) is 3. The Hall–Kier alpha value is -2.00. The highest BCUT2D eigenvalue weighted by atomic mass is 19.4. The average molecular weight is 416 g/mol. The molecule has 1 aromatic rings. The second kappa shape index (κ2) is 11.3. The van der Waals surface area contributed by atoms with Crippen molar-refractivity contribution in [3.63, 3.8) is 0 Å². The van der Waals surface area contributed by atoms with Crippen LogP contribution in [-0.4, -0.2) is 81.0 Å². The van der Waals surface area contributed by atoms with E-state index in [4.69, 9.17) is 9.47 Å². The summed E-state index contributed by atoms with van der Waals surface area (Å²) in [5, 5.41) is 3.24. The van der Waals surface area contributed by atoms with Gasteiger partial charge in [0, 0.05) is 39.8 Å². The van der Waals surface area contributed by atoms with Crippen LogP contribution in [0.5, 0.6) is 5.75 Å². The highest BCUT2D eigenvalue weighted by Crippen LogP contribution is 2.25. The van der Waals surface area contributed by atoms with E-state index in [2.05, 4.69) is 10.3 Å². The molecule has 0 aliphatic carbocycles. The molecule has 0 aromatic heterocycles. The van der Waals surface area contributed by atoms with Crippen molar-refractivity contribution in [1.82, 2.24) is 15.1 Å². The minimum absolute atomic E-state index is 0.360. The lowest BCUT2D eigenvalue weighted by atomic mass is 10.2. The van der Waals surface area contributed by atoms with E-state index >= 15 is 0 Å². The molecule has 0 bridgehead atoms. The first-order valence-electron chi connectivity index (χ1n) is 9.89. The zero-order valence-corrected chi connectivity index (χ0v) is 17.3. The Labute approximate surface area is 170 Å². The zero-order valence-electron chi connectivity index (χ0n) is 17.3. The molecule has 1 N–H and O–H groups in total. The molecule has 164 valence electrons. The smallest absolute Gasteiger partial charge is 0.403 e. The second-order valence-electron chi connectivity index (χ2n) is 6.90. The summed E-state index contributed by atoms with van der Waals surface area (Å²) in [6, 6.07) is 6.28. The van der Waals surface area contributed by atoms with E-state index in [0.29, 0.717) is 52.5 Å². The van der Waals surface area contributed by atoms with Crippen molar-refractivity contribution >= 4 is 5.96 Å². The van der Waals surface area contributed by atoms with Gasteiger partial charge in [-0.3, -0.25) is 4.90 Å². The Balaban J connectivity index is 1.91. The lowest BCUT2D eigenvalue weighted by Crippen LogP contribution is -2.56. The number of alkyl halides is 3. The van der Waals surface area contributed by atoms with Gasteiger partial charge in [0.05, 0.1) is 13.2 Å². The Bertz CT molecular complexity index is 630. The van der Waals surface area contributed by atoms with E-state index < -0.39 is 12.2 Å². The van der Waals surface area contributed by atoms with Crippen molar-refractivity contribution in [3.8, 4) is 5.75 Å². The van der Waals surface area contributed by atoms with Crippen LogP contribution in [0.25, 0.3) is 0 Å². The molecule has 1 fully saturated rings. The van der Waals surface area contributed by atoms with Crippen molar-refractivity contribution in [1.29, 1.82) is 0 Å². The predicted molar refractivity (Wildman–Crippen MR) is 107 cm³/mol. The molecule has 9 heteroatoms. The van der Waals surface area contributed by atoms with Crippen molar-refractivity contribution in [2.45, 2.75) is 32.6 Å². The van der Waals surface area contributed by atoms with Gasteiger partial charge in [0.1, 0.15) is 18.4 Å². The number of benzene rings is 1. The standard InChI is InChI=1S/C20H31F3N4O2/c1-4-24-19(27-11-9-26(10-12-27)16(2)20(21,22)23)25-15-17-5-7-18(8-6-17)29-14-13-28-3/h5-8,16H,4,9-15H2,1-3H3,(H,24,25). The summed E-state index contributed by atoms with van der Waals surface area (Å²) in [5.74, 6) is 1.50. The molecule has 1 heterocycles. The minimum Gasteiger partial charge on any atom is -0.491 e. The molecule has 0 radical (unpaired) electrons. The predicted octanol–water partition coefficient (Wildman–Crippen LogP) is 2.75. The molecular formula is C20H31F3N4O2. The van der Waals surface area contributed by atoms with Gasteiger partial charge in [-0.25, -0.2) is 4.99 Å². The van der Waals surface area contributed by atoms with Crippen molar-refractivity contribution in [2.75, 3.05) is 53.0 Å². The van der Waals surface area contributed by atoms with Crippen LogP contribution in [-0.2, 0) is 11.3 Å². The summed E-state index contributed by atoms with van der Waals surface area (Å²) in [6.07, 6.45) is -4.19. The number of methoxy groups -OCH3 is 1. The fourth-order valence-corrected chi connectivity index (χ4v) is 3.05. The SMILES string of the molecule is CCNC(=NCc1ccc(OCCOC)cc1)N1CCN(C(C)C(F)(F)F)CC1. The molecule has 0 spiro atoms. The molecule has 6 nitrogen and oxygen atoms in total. The average Bonchev–Trinajstić information content (AvgIpc) is 2.71. The first kappa shape index (κ1) is 23.3. The number of hydrogen-bond acceptors (Lipinski definition) is 4. The number of hydrogen-bond donors (Lipinski definition) is 1. The van der Waals surface area contributed by atoms with Crippen molar-refractivity contribution in [2.24, 2.45) is 4.99 Å². The molecule has 1 unspecified atom stereocenters. The van der Waals surface area contributed by atoms with Crippen LogP contribution in [0.4, 0.5) is 13.2 Å². The lowest BCUT2D eigenvalue weighted by Gasteiger charge is -2.39. The summed E-state index contributed by atoms with van der Waals surface area (Å²) >= 11 is 0. The first-order chi connectivity index (χ1) is 13.8. The van der Waals surface area contributed by atoms with Crippen molar-refractivity contribution < 1.29 is 22.6 Å². The maximum absolute atomic E-state index is 12.9. The molecule has 1 saturated heterocycles. The fourth-order valence-electron chi connectivity index (χ4n) is 3.05. The van der Waals surface area contributed by atoms with Crippen LogP contribution in [0.15, 0.2) is 29.3 Å². The number of rotatable bonds is 8. The highest BCUT2D eigenvalue weighted by molar-refractivity contribution is 5.80. The third-order valence-corrected chi connectivity index (χ3v) is 4.86. The monoisotopic (exact) mass is 416 g/mol. The molecule has 0 amide bonds. The van der Waals surface area contributed by atoms with E-state index in [-0.39, 0.29) is 0 Å². The van der Waals surface area contributed by atoms with Crippen LogP contribution in [0.3, 0.4) is 0 Å². The topological polar surface area (TPSA) is 49.3 Å². The Kier molecular flexibility index (Phi) is 9.03. The van der Waals surface area contributed by atoms with Gasteiger partial charge in [0.15, 0.2) is 5.96 Å². The molecule has 1 aliphatic heterocycles. The summed E-state index contributed by atoms with van der Waals surface area (Å²) in [4.78, 5) is 8.15. The first-order valence-corrected chi connectivity index (χ1v) is 9.89. The number of halogens is 3. The van der Waals surface area contributed by atoms with Crippen LogP contribution in [0.2, 0.25) is 0 Å². The molecular weight excluding hydrogens is 385 g/mol. The van der Waals surface area contributed by atoms with Gasteiger partial charge in [0.2, 0.25) is 0 Å². The normalized spacial score (nSPS) is 17.3. The van der Waals surface area contributed by atoms with E-state index in [9.17, 15) is 13.2 Å². The van der Waals surface area contributed by atoms with Gasteiger partial charge in [-0.05, 0) is 31.5 Å². The maximum Gasteiger partial charge on any atom is 0.403 e. The molecule has 1 aliphatic rings. The quantitative estimate of drug-likeness (QED) is 0.401.